The Morgan fingerprint density at radius 2 is 1.97 bits per heavy atom. The van der Waals surface area contributed by atoms with E-state index in [1.165, 1.54) is 25.1 Å². The molecule has 0 spiro atoms. The molecule has 0 aromatic carbocycles. The monoisotopic (exact) mass is 452 g/mol. The summed E-state index contributed by atoms with van der Waals surface area (Å²) in [6.45, 7) is 7.16. The molecule has 3 amide bonds. The topological polar surface area (TPSA) is 143 Å². The number of likely N-dealkylation sites (N-methyl/N-ethyl adjacent to an activating group) is 1. The van der Waals surface area contributed by atoms with Crippen LogP contribution in [0.25, 0.3) is 0 Å². The number of ether oxygens (including phenoxy) is 2. The Kier molecular flexibility index (Phi) is 8.51. The lowest BCUT2D eigenvalue weighted by atomic mass is 9.92. The summed E-state index contributed by atoms with van der Waals surface area (Å²) in [6, 6.07) is -0.266. The molecule has 11 nitrogen and oxygen atoms in total. The molecule has 1 aromatic heterocycles. The number of Topliss-reactive ketones (excluding diaryl/α,β-unsaturated/α-hetero) is 1. The van der Waals surface area contributed by atoms with E-state index in [1.807, 2.05) is 13.8 Å². The summed E-state index contributed by atoms with van der Waals surface area (Å²) >= 11 is 0. The van der Waals surface area contributed by atoms with Crippen molar-refractivity contribution in [2.24, 2.45) is 5.92 Å². The fourth-order valence-electron chi connectivity index (χ4n) is 3.13. The molecule has 0 saturated carbocycles. The maximum absolute atomic E-state index is 12.8. The second kappa shape index (κ2) is 10.7. The number of ketones is 1. The standard InChI is InChI=1S/C21H32N4O7/c1-12(2)7-16(18(27)21(4)11-31-21)25(5)17(26)9-22-19(28)15(10-30-6)23-20(29)14-8-13(3)32-24-14/h8,12,15-16H,7,9-11H2,1-6H3,(H,22,28)(H,23,29)/t15-,16-,21+/m0/s1. The summed E-state index contributed by atoms with van der Waals surface area (Å²) in [6.07, 6.45) is 0.480. The molecule has 0 bridgehead atoms. The first-order chi connectivity index (χ1) is 15.0. The number of hydrogen-bond donors (Lipinski definition) is 2. The van der Waals surface area contributed by atoms with Gasteiger partial charge in [-0.25, -0.2) is 0 Å². The van der Waals surface area contributed by atoms with E-state index < -0.39 is 35.4 Å². The zero-order chi connectivity index (χ0) is 24.1. The average molecular weight is 453 g/mol. The molecule has 2 heterocycles. The van der Waals surface area contributed by atoms with Gasteiger partial charge in [0, 0.05) is 20.2 Å². The van der Waals surface area contributed by atoms with E-state index in [9.17, 15) is 19.2 Å². The van der Waals surface area contributed by atoms with Gasteiger partial charge in [0.1, 0.15) is 17.4 Å². The van der Waals surface area contributed by atoms with E-state index in [0.29, 0.717) is 18.8 Å². The third kappa shape index (κ3) is 6.60. The number of amides is 3. The van der Waals surface area contributed by atoms with Gasteiger partial charge in [0.25, 0.3) is 5.91 Å². The third-order valence-electron chi connectivity index (χ3n) is 5.19. The van der Waals surface area contributed by atoms with Gasteiger partial charge in [-0.2, -0.15) is 0 Å². The number of nitrogens with zero attached hydrogens (tertiary/aromatic N) is 2. The van der Waals surface area contributed by atoms with E-state index in [1.54, 1.807) is 13.8 Å². The Balaban J connectivity index is 1.97. The SMILES string of the molecule is COC[C@H](NC(=O)c1cc(C)on1)C(=O)NCC(=O)N(C)[C@@H](CC(C)C)C(=O)[C@@]1(C)CO1. The van der Waals surface area contributed by atoms with Crippen LogP contribution < -0.4 is 10.6 Å². The number of carbonyl (C=O) groups excluding carboxylic acids is 4. The van der Waals surface area contributed by atoms with E-state index in [-0.39, 0.29) is 30.5 Å². The Bertz CT molecular complexity index is 847. The quantitative estimate of drug-likeness (QED) is 0.424. The van der Waals surface area contributed by atoms with Crippen LogP contribution in [0.15, 0.2) is 10.6 Å². The van der Waals surface area contributed by atoms with Crippen molar-refractivity contribution < 1.29 is 33.2 Å². The first-order valence-electron chi connectivity index (χ1n) is 10.4. The van der Waals surface area contributed by atoms with Gasteiger partial charge >= 0.3 is 0 Å². The van der Waals surface area contributed by atoms with Gasteiger partial charge in [-0.3, -0.25) is 19.2 Å². The normalized spacial score (nSPS) is 19.2. The number of aryl methyl sites for hydroxylation is 1. The van der Waals surface area contributed by atoms with Crippen LogP contribution in [0.3, 0.4) is 0 Å². The van der Waals surface area contributed by atoms with E-state index in [2.05, 4.69) is 15.8 Å². The molecule has 1 fully saturated rings. The van der Waals surface area contributed by atoms with Crippen LogP contribution >= 0.6 is 0 Å². The zero-order valence-electron chi connectivity index (χ0n) is 19.4. The molecule has 11 heteroatoms. The lowest BCUT2D eigenvalue weighted by Crippen LogP contribution is -2.53. The van der Waals surface area contributed by atoms with Crippen LogP contribution in [0.4, 0.5) is 0 Å². The van der Waals surface area contributed by atoms with Crippen molar-refractivity contribution in [3.63, 3.8) is 0 Å². The molecule has 1 aromatic rings. The van der Waals surface area contributed by atoms with Gasteiger partial charge in [0.15, 0.2) is 11.5 Å². The Labute approximate surface area is 187 Å². The average Bonchev–Trinajstić information content (AvgIpc) is 3.34. The highest BCUT2D eigenvalue weighted by molar-refractivity contribution is 5.98. The highest BCUT2D eigenvalue weighted by Crippen LogP contribution is 2.31. The van der Waals surface area contributed by atoms with Gasteiger partial charge in [0.05, 0.1) is 25.8 Å². The predicted octanol–water partition coefficient (Wildman–Crippen LogP) is 0.0751. The Morgan fingerprint density at radius 3 is 2.47 bits per heavy atom. The number of epoxide rings is 1. The molecular formula is C21H32N4O7. The molecule has 0 radical (unpaired) electrons. The third-order valence-corrected chi connectivity index (χ3v) is 5.19. The van der Waals surface area contributed by atoms with Crippen molar-refractivity contribution in [1.29, 1.82) is 0 Å². The minimum absolute atomic E-state index is 0.0260. The highest BCUT2D eigenvalue weighted by atomic mass is 16.6. The maximum atomic E-state index is 12.8. The van der Waals surface area contributed by atoms with Crippen molar-refractivity contribution >= 4 is 23.5 Å². The smallest absolute Gasteiger partial charge is 0.274 e. The van der Waals surface area contributed by atoms with Gasteiger partial charge in [-0.05, 0) is 26.2 Å². The predicted molar refractivity (Wildman–Crippen MR) is 113 cm³/mol. The number of nitrogens with one attached hydrogen (secondary N) is 2. The summed E-state index contributed by atoms with van der Waals surface area (Å²) in [5.74, 6) is -1.17. The van der Waals surface area contributed by atoms with Crippen molar-refractivity contribution in [3.05, 3.63) is 17.5 Å². The number of carbonyl (C=O) groups is 4. The first-order valence-corrected chi connectivity index (χ1v) is 10.4. The van der Waals surface area contributed by atoms with E-state index in [4.69, 9.17) is 14.0 Å². The van der Waals surface area contributed by atoms with Crippen LogP contribution in [0, 0.1) is 12.8 Å². The lowest BCUT2D eigenvalue weighted by molar-refractivity contribution is -0.140. The summed E-state index contributed by atoms with van der Waals surface area (Å²) in [5.41, 5.74) is -0.831. The Morgan fingerprint density at radius 1 is 1.31 bits per heavy atom. The van der Waals surface area contributed by atoms with Crippen molar-refractivity contribution in [2.45, 2.75) is 51.8 Å². The van der Waals surface area contributed by atoms with Crippen LogP contribution in [0.5, 0.6) is 0 Å². The molecule has 1 aliphatic heterocycles. The van der Waals surface area contributed by atoms with Crippen molar-refractivity contribution in [2.75, 3.05) is 33.9 Å². The summed E-state index contributed by atoms with van der Waals surface area (Å²) in [5, 5.41) is 8.61. The maximum Gasteiger partial charge on any atom is 0.274 e. The number of methoxy groups -OCH3 is 1. The van der Waals surface area contributed by atoms with Gasteiger partial charge in [-0.15, -0.1) is 0 Å². The zero-order valence-corrected chi connectivity index (χ0v) is 19.4. The fraction of sp³-hybridized carbons (Fsp3) is 0.667. The molecule has 2 N–H and O–H groups in total. The van der Waals surface area contributed by atoms with Crippen molar-refractivity contribution in [3.8, 4) is 0 Å². The van der Waals surface area contributed by atoms with Crippen LogP contribution in [-0.4, -0.2) is 85.2 Å². The van der Waals surface area contributed by atoms with E-state index in [0.717, 1.165) is 0 Å². The molecule has 32 heavy (non-hydrogen) atoms. The van der Waals surface area contributed by atoms with Crippen LogP contribution in [0.2, 0.25) is 0 Å². The fourth-order valence-corrected chi connectivity index (χ4v) is 3.13. The summed E-state index contributed by atoms with van der Waals surface area (Å²) < 4.78 is 15.1. The molecular weight excluding hydrogens is 420 g/mol. The second-order valence-electron chi connectivity index (χ2n) is 8.56. The summed E-state index contributed by atoms with van der Waals surface area (Å²) in [7, 11) is 2.92. The largest absolute Gasteiger partial charge is 0.382 e. The lowest BCUT2D eigenvalue weighted by Gasteiger charge is -2.30. The molecule has 3 atom stereocenters. The molecule has 0 unspecified atom stereocenters. The summed E-state index contributed by atoms with van der Waals surface area (Å²) in [4.78, 5) is 51.7. The van der Waals surface area contributed by atoms with Gasteiger partial charge in [-0.1, -0.05) is 19.0 Å². The van der Waals surface area contributed by atoms with E-state index >= 15 is 0 Å². The van der Waals surface area contributed by atoms with Crippen molar-refractivity contribution in [1.82, 2.24) is 20.7 Å². The molecule has 1 saturated heterocycles. The van der Waals surface area contributed by atoms with Crippen LogP contribution in [-0.2, 0) is 23.9 Å². The van der Waals surface area contributed by atoms with Gasteiger partial charge < -0.3 is 29.5 Å². The first kappa shape index (κ1) is 25.5. The molecule has 178 valence electrons. The molecule has 0 aliphatic carbocycles. The van der Waals surface area contributed by atoms with Crippen LogP contribution in [0.1, 0.15) is 43.4 Å². The molecule has 1 aliphatic rings. The minimum Gasteiger partial charge on any atom is -0.382 e. The number of hydrogen-bond acceptors (Lipinski definition) is 8. The number of aromatic nitrogens is 1. The molecule has 2 rings (SSSR count). The van der Waals surface area contributed by atoms with Gasteiger partial charge in [0.2, 0.25) is 11.8 Å². The Hall–Kier alpha value is -2.79. The highest BCUT2D eigenvalue weighted by Gasteiger charge is 2.51. The minimum atomic E-state index is -1.05. The number of rotatable bonds is 12. The second-order valence-corrected chi connectivity index (χ2v) is 8.56.